The molecular weight excluding hydrogens is 315 g/mol. The van der Waals surface area contributed by atoms with Gasteiger partial charge in [0.05, 0.1) is 6.20 Å². The first kappa shape index (κ1) is 14.0. The molecular formula is C12H11FN4O2S2. The maximum absolute atomic E-state index is 13.1. The van der Waals surface area contributed by atoms with Crippen LogP contribution in [0.5, 0.6) is 0 Å². The zero-order valence-electron chi connectivity index (χ0n) is 10.9. The Morgan fingerprint density at radius 1 is 1.33 bits per heavy atom. The van der Waals surface area contributed by atoms with E-state index in [0.29, 0.717) is 5.65 Å². The maximum Gasteiger partial charge on any atom is 0.273 e. The lowest BCUT2D eigenvalue weighted by molar-refractivity contribution is 0.602. The Morgan fingerprint density at radius 2 is 2.14 bits per heavy atom. The average Bonchev–Trinajstić information content (AvgIpc) is 3.03. The summed E-state index contributed by atoms with van der Waals surface area (Å²) in [6, 6.07) is 5.96. The number of sulfonamides is 1. The number of anilines is 1. The second-order valence-electron chi connectivity index (χ2n) is 4.27. The van der Waals surface area contributed by atoms with Crippen LogP contribution in [-0.2, 0) is 16.4 Å². The lowest BCUT2D eigenvalue weighted by Gasteiger charge is -2.00. The molecule has 0 saturated carbocycles. The van der Waals surface area contributed by atoms with Gasteiger partial charge in [-0.2, -0.15) is 4.98 Å². The molecule has 0 aliphatic heterocycles. The van der Waals surface area contributed by atoms with Gasteiger partial charge < -0.3 is 0 Å². The maximum atomic E-state index is 13.1. The van der Waals surface area contributed by atoms with Gasteiger partial charge in [0, 0.05) is 4.88 Å². The molecule has 0 spiro atoms. The van der Waals surface area contributed by atoms with Crippen LogP contribution in [-0.4, -0.2) is 23.0 Å². The summed E-state index contributed by atoms with van der Waals surface area (Å²) in [5, 5.41) is 3.89. The van der Waals surface area contributed by atoms with Gasteiger partial charge in [0.1, 0.15) is 10.0 Å². The minimum atomic E-state index is -3.72. The summed E-state index contributed by atoms with van der Waals surface area (Å²) < 4.78 is 41.2. The fourth-order valence-electron chi connectivity index (χ4n) is 1.76. The number of hydrogen-bond acceptors (Lipinski definition) is 5. The van der Waals surface area contributed by atoms with Crippen LogP contribution >= 0.6 is 11.3 Å². The Labute approximate surface area is 124 Å². The van der Waals surface area contributed by atoms with Crippen LogP contribution in [0.25, 0.3) is 5.65 Å². The van der Waals surface area contributed by atoms with E-state index in [1.165, 1.54) is 28.0 Å². The van der Waals surface area contributed by atoms with E-state index in [9.17, 15) is 12.8 Å². The van der Waals surface area contributed by atoms with Gasteiger partial charge in [-0.1, -0.05) is 6.92 Å². The third-order valence-electron chi connectivity index (χ3n) is 2.77. The van der Waals surface area contributed by atoms with Crippen molar-refractivity contribution in [1.82, 2.24) is 14.6 Å². The summed E-state index contributed by atoms with van der Waals surface area (Å²) in [6.45, 7) is 1.95. The summed E-state index contributed by atoms with van der Waals surface area (Å²) in [6.07, 6.45) is 1.90. The number of thiophene rings is 1. The normalized spacial score (nSPS) is 11.9. The van der Waals surface area contributed by atoms with Crippen LogP contribution in [0, 0.1) is 5.82 Å². The molecule has 3 aromatic heterocycles. The highest BCUT2D eigenvalue weighted by Gasteiger charge is 2.19. The number of nitrogens with one attached hydrogen (secondary N) is 1. The predicted octanol–water partition coefficient (Wildman–Crippen LogP) is 2.29. The second kappa shape index (κ2) is 5.08. The van der Waals surface area contributed by atoms with Gasteiger partial charge in [-0.25, -0.2) is 22.0 Å². The number of aromatic nitrogens is 3. The van der Waals surface area contributed by atoms with E-state index >= 15 is 0 Å². The number of hydrogen-bond donors (Lipinski definition) is 1. The van der Waals surface area contributed by atoms with E-state index < -0.39 is 15.8 Å². The molecule has 0 atom stereocenters. The van der Waals surface area contributed by atoms with Crippen molar-refractivity contribution in [3.05, 3.63) is 41.2 Å². The third kappa shape index (κ3) is 2.74. The van der Waals surface area contributed by atoms with Crippen LogP contribution < -0.4 is 4.72 Å². The third-order valence-corrected chi connectivity index (χ3v) is 5.82. The summed E-state index contributed by atoms with van der Waals surface area (Å²) in [5.41, 5.74) is 0.356. The summed E-state index contributed by atoms with van der Waals surface area (Å²) in [5.74, 6) is -0.570. The molecule has 0 amide bonds. The van der Waals surface area contributed by atoms with Gasteiger partial charge in [-0.3, -0.25) is 0 Å². The lowest BCUT2D eigenvalue weighted by atomic mass is 10.4. The lowest BCUT2D eigenvalue weighted by Crippen LogP contribution is -2.12. The van der Waals surface area contributed by atoms with Crippen molar-refractivity contribution >= 4 is 33.0 Å². The van der Waals surface area contributed by atoms with Crippen LogP contribution in [0.1, 0.15) is 11.8 Å². The Morgan fingerprint density at radius 3 is 2.86 bits per heavy atom. The van der Waals surface area contributed by atoms with E-state index in [1.54, 1.807) is 12.1 Å². The van der Waals surface area contributed by atoms with Gasteiger partial charge in [-0.15, -0.1) is 16.4 Å². The molecule has 21 heavy (non-hydrogen) atoms. The first-order valence-electron chi connectivity index (χ1n) is 6.11. The highest BCUT2D eigenvalue weighted by molar-refractivity contribution is 7.94. The Bertz CT molecular complexity index is 901. The van der Waals surface area contributed by atoms with Crippen LogP contribution in [0.2, 0.25) is 0 Å². The van der Waals surface area contributed by atoms with Crippen LogP contribution in [0.15, 0.2) is 34.7 Å². The van der Waals surface area contributed by atoms with Crippen molar-refractivity contribution in [2.24, 2.45) is 0 Å². The van der Waals surface area contributed by atoms with Crippen molar-refractivity contribution in [2.45, 2.75) is 17.6 Å². The first-order valence-corrected chi connectivity index (χ1v) is 8.41. The highest BCUT2D eigenvalue weighted by atomic mass is 32.2. The standard InChI is InChI=1S/C12H11FN4O2S2/c1-2-9-4-6-11(20-9)21(18,19)16-12-14-10-5-3-8(13)7-17(10)15-12/h3-7H,2H2,1H3,(H,15,16). The number of aryl methyl sites for hydroxylation is 1. The minimum absolute atomic E-state index is 0.0907. The zero-order valence-corrected chi connectivity index (χ0v) is 12.6. The highest BCUT2D eigenvalue weighted by Crippen LogP contribution is 2.23. The Hall–Kier alpha value is -2.00. The quantitative estimate of drug-likeness (QED) is 0.798. The van der Waals surface area contributed by atoms with Gasteiger partial charge in [0.15, 0.2) is 5.65 Å². The number of nitrogens with zero attached hydrogens (tertiary/aromatic N) is 3. The van der Waals surface area contributed by atoms with Crippen molar-refractivity contribution in [3.63, 3.8) is 0 Å². The molecule has 0 bridgehead atoms. The van der Waals surface area contributed by atoms with E-state index in [0.717, 1.165) is 17.5 Å². The minimum Gasteiger partial charge on any atom is -0.245 e. The van der Waals surface area contributed by atoms with Gasteiger partial charge >= 0.3 is 0 Å². The molecule has 0 aromatic carbocycles. The fourth-order valence-corrected chi connectivity index (χ4v) is 4.00. The van der Waals surface area contributed by atoms with Gasteiger partial charge in [0.2, 0.25) is 0 Å². The second-order valence-corrected chi connectivity index (χ2v) is 7.34. The molecule has 0 aliphatic rings. The molecule has 0 saturated heterocycles. The first-order chi connectivity index (χ1) is 9.98. The molecule has 1 N–H and O–H groups in total. The molecule has 0 aliphatic carbocycles. The molecule has 0 fully saturated rings. The summed E-state index contributed by atoms with van der Waals surface area (Å²) >= 11 is 1.20. The van der Waals surface area contributed by atoms with Crippen LogP contribution in [0.4, 0.5) is 10.3 Å². The summed E-state index contributed by atoms with van der Waals surface area (Å²) in [4.78, 5) is 4.96. The van der Waals surface area contributed by atoms with Gasteiger partial charge in [0.25, 0.3) is 16.0 Å². The molecule has 9 heteroatoms. The van der Waals surface area contributed by atoms with Crippen molar-refractivity contribution in [3.8, 4) is 0 Å². The summed E-state index contributed by atoms with van der Waals surface area (Å²) in [7, 11) is -3.72. The number of rotatable bonds is 4. The molecule has 3 heterocycles. The number of pyridine rings is 1. The van der Waals surface area contributed by atoms with E-state index in [-0.39, 0.29) is 10.2 Å². The predicted molar refractivity (Wildman–Crippen MR) is 77.5 cm³/mol. The van der Waals surface area contributed by atoms with E-state index in [1.807, 2.05) is 6.92 Å². The van der Waals surface area contributed by atoms with Gasteiger partial charge in [-0.05, 0) is 30.7 Å². The Balaban J connectivity index is 1.93. The van der Waals surface area contributed by atoms with E-state index in [2.05, 4.69) is 14.8 Å². The smallest absolute Gasteiger partial charge is 0.245 e. The largest absolute Gasteiger partial charge is 0.273 e. The zero-order chi connectivity index (χ0) is 15.0. The molecule has 3 rings (SSSR count). The molecule has 0 radical (unpaired) electrons. The van der Waals surface area contributed by atoms with Crippen molar-refractivity contribution < 1.29 is 12.8 Å². The number of halogens is 1. The fraction of sp³-hybridized carbons (Fsp3) is 0.167. The number of fused-ring (bicyclic) bond motifs is 1. The van der Waals surface area contributed by atoms with Crippen molar-refractivity contribution in [1.29, 1.82) is 0 Å². The molecule has 3 aromatic rings. The SMILES string of the molecule is CCc1ccc(S(=O)(=O)Nc2nc3ccc(F)cn3n2)s1. The molecule has 6 nitrogen and oxygen atoms in total. The topological polar surface area (TPSA) is 76.4 Å². The molecule has 110 valence electrons. The molecule has 0 unspecified atom stereocenters. The Kier molecular flexibility index (Phi) is 3.38. The van der Waals surface area contributed by atoms with E-state index in [4.69, 9.17) is 0 Å². The van der Waals surface area contributed by atoms with Crippen LogP contribution in [0.3, 0.4) is 0 Å². The van der Waals surface area contributed by atoms with Crippen molar-refractivity contribution in [2.75, 3.05) is 4.72 Å². The monoisotopic (exact) mass is 326 g/mol. The average molecular weight is 326 g/mol.